The number of carbonyl (C=O) groups excluding carboxylic acids is 1. The first-order chi connectivity index (χ1) is 13.8. The van der Waals surface area contributed by atoms with E-state index in [0.717, 1.165) is 5.56 Å². The number of amides is 1. The second-order valence-electron chi connectivity index (χ2n) is 7.33. The van der Waals surface area contributed by atoms with Crippen LogP contribution in [0.4, 0.5) is 10.1 Å². The average molecular weight is 439 g/mol. The first kappa shape index (κ1) is 20.1. The largest absolute Gasteiger partial charge is 0.495 e. The highest BCUT2D eigenvalue weighted by Gasteiger charge is 2.49. The van der Waals surface area contributed by atoms with Crippen LogP contribution in [0.2, 0.25) is 5.02 Å². The predicted molar refractivity (Wildman–Crippen MR) is 109 cm³/mol. The SMILES string of the molecule is COc1ccc(N2C(=O)CN(Cc3ccc(F)cc3)[C@@H]3CS(=O)(=O)C[C@H]32)cc1Cl. The maximum Gasteiger partial charge on any atom is 0.241 e. The van der Waals surface area contributed by atoms with Crippen LogP contribution in [0.3, 0.4) is 0 Å². The molecule has 0 aliphatic carbocycles. The minimum Gasteiger partial charge on any atom is -0.495 e. The average Bonchev–Trinajstić information content (AvgIpc) is 2.99. The number of hydrogen-bond acceptors (Lipinski definition) is 5. The Hall–Kier alpha value is -2.16. The van der Waals surface area contributed by atoms with Gasteiger partial charge in [-0.05, 0) is 35.9 Å². The van der Waals surface area contributed by atoms with E-state index < -0.39 is 15.9 Å². The summed E-state index contributed by atoms with van der Waals surface area (Å²) >= 11 is 6.22. The maximum absolute atomic E-state index is 13.2. The first-order valence-electron chi connectivity index (χ1n) is 9.12. The van der Waals surface area contributed by atoms with E-state index in [9.17, 15) is 17.6 Å². The van der Waals surface area contributed by atoms with Gasteiger partial charge in [-0.1, -0.05) is 23.7 Å². The number of methoxy groups -OCH3 is 1. The van der Waals surface area contributed by atoms with Gasteiger partial charge in [-0.25, -0.2) is 12.8 Å². The molecule has 9 heteroatoms. The number of anilines is 1. The number of benzene rings is 2. The molecule has 0 radical (unpaired) electrons. The van der Waals surface area contributed by atoms with Crippen LogP contribution in [-0.2, 0) is 21.2 Å². The summed E-state index contributed by atoms with van der Waals surface area (Å²) in [6, 6.07) is 10.1. The van der Waals surface area contributed by atoms with Gasteiger partial charge in [0.1, 0.15) is 11.6 Å². The number of halogens is 2. The van der Waals surface area contributed by atoms with Gasteiger partial charge in [0.15, 0.2) is 9.84 Å². The third kappa shape index (κ3) is 3.97. The number of ether oxygens (including phenoxy) is 1. The number of sulfone groups is 1. The smallest absolute Gasteiger partial charge is 0.241 e. The fourth-order valence-electron chi connectivity index (χ4n) is 4.10. The fourth-order valence-corrected chi connectivity index (χ4v) is 6.33. The van der Waals surface area contributed by atoms with Gasteiger partial charge >= 0.3 is 0 Å². The Labute approximate surface area is 173 Å². The first-order valence-corrected chi connectivity index (χ1v) is 11.3. The van der Waals surface area contributed by atoms with Crippen molar-refractivity contribution in [1.29, 1.82) is 0 Å². The number of carbonyl (C=O) groups is 1. The minimum absolute atomic E-state index is 0.0213. The highest BCUT2D eigenvalue weighted by molar-refractivity contribution is 7.91. The van der Waals surface area contributed by atoms with Crippen molar-refractivity contribution in [2.24, 2.45) is 0 Å². The topological polar surface area (TPSA) is 66.9 Å². The van der Waals surface area contributed by atoms with Crippen molar-refractivity contribution in [3.05, 3.63) is 58.9 Å². The molecule has 2 saturated heterocycles. The van der Waals surface area contributed by atoms with Crippen LogP contribution in [0.1, 0.15) is 5.56 Å². The summed E-state index contributed by atoms with van der Waals surface area (Å²) in [5.41, 5.74) is 1.37. The molecule has 2 fully saturated rings. The standard InChI is InChI=1S/C20H20ClFN2O4S/c1-28-19-7-6-15(8-16(19)21)24-18-12-29(26,27)11-17(18)23(10-20(24)25)9-13-2-4-14(22)5-3-13/h2-8,17-18H,9-12H2,1H3/t17-,18-/m1/s1. The Morgan fingerprint density at radius 2 is 1.83 bits per heavy atom. The van der Waals surface area contributed by atoms with Gasteiger partial charge in [-0.15, -0.1) is 0 Å². The summed E-state index contributed by atoms with van der Waals surface area (Å²) < 4.78 is 43.2. The Bertz CT molecular complexity index is 1040. The summed E-state index contributed by atoms with van der Waals surface area (Å²) in [5, 5.41) is 0.351. The van der Waals surface area contributed by atoms with Crippen LogP contribution in [0.5, 0.6) is 5.75 Å². The van der Waals surface area contributed by atoms with Crippen molar-refractivity contribution in [3.63, 3.8) is 0 Å². The van der Waals surface area contributed by atoms with E-state index in [0.29, 0.717) is 23.0 Å². The van der Waals surface area contributed by atoms with Crippen molar-refractivity contribution >= 4 is 33.0 Å². The van der Waals surface area contributed by atoms with Crippen LogP contribution in [0.25, 0.3) is 0 Å². The summed E-state index contributed by atoms with van der Waals surface area (Å²) in [7, 11) is -1.80. The highest BCUT2D eigenvalue weighted by atomic mass is 35.5. The monoisotopic (exact) mass is 438 g/mol. The zero-order chi connectivity index (χ0) is 20.8. The van der Waals surface area contributed by atoms with Gasteiger partial charge in [0.25, 0.3) is 0 Å². The molecule has 0 saturated carbocycles. The van der Waals surface area contributed by atoms with Gasteiger partial charge in [0.05, 0.1) is 36.2 Å². The molecule has 6 nitrogen and oxygen atoms in total. The molecule has 2 aromatic carbocycles. The van der Waals surface area contributed by atoms with Gasteiger partial charge in [-0.2, -0.15) is 0 Å². The molecule has 0 bridgehead atoms. The van der Waals surface area contributed by atoms with Gasteiger partial charge in [-0.3, -0.25) is 9.69 Å². The summed E-state index contributed by atoms with van der Waals surface area (Å²) in [6.45, 7) is 0.442. The van der Waals surface area contributed by atoms with Crippen LogP contribution >= 0.6 is 11.6 Å². The van der Waals surface area contributed by atoms with E-state index in [-0.39, 0.29) is 35.8 Å². The van der Waals surface area contributed by atoms with E-state index in [1.165, 1.54) is 19.2 Å². The van der Waals surface area contributed by atoms with E-state index in [4.69, 9.17) is 16.3 Å². The van der Waals surface area contributed by atoms with Gasteiger partial charge in [0, 0.05) is 18.3 Å². The summed E-state index contributed by atoms with van der Waals surface area (Å²) in [5.74, 6) is -0.188. The van der Waals surface area contributed by atoms with E-state index >= 15 is 0 Å². The lowest BCUT2D eigenvalue weighted by atomic mass is 10.0. The van der Waals surface area contributed by atoms with Crippen molar-refractivity contribution in [1.82, 2.24) is 4.90 Å². The Morgan fingerprint density at radius 1 is 1.14 bits per heavy atom. The molecule has 0 aromatic heterocycles. The van der Waals surface area contributed by atoms with Gasteiger partial charge in [0.2, 0.25) is 5.91 Å². The number of nitrogens with zero attached hydrogens (tertiary/aromatic N) is 2. The van der Waals surface area contributed by atoms with E-state index in [1.54, 1.807) is 35.2 Å². The second-order valence-corrected chi connectivity index (χ2v) is 9.89. The molecule has 29 heavy (non-hydrogen) atoms. The Kier molecular flexibility index (Phi) is 5.27. The highest BCUT2D eigenvalue weighted by Crippen LogP contribution is 2.35. The zero-order valence-electron chi connectivity index (χ0n) is 15.7. The summed E-state index contributed by atoms with van der Waals surface area (Å²) in [6.07, 6.45) is 0. The molecule has 2 heterocycles. The summed E-state index contributed by atoms with van der Waals surface area (Å²) in [4.78, 5) is 16.4. The van der Waals surface area contributed by atoms with Crippen LogP contribution in [0, 0.1) is 5.82 Å². The Balaban J connectivity index is 1.66. The molecular formula is C20H20ClFN2O4S. The fraction of sp³-hybridized carbons (Fsp3) is 0.350. The molecule has 0 spiro atoms. The number of hydrogen-bond donors (Lipinski definition) is 0. The van der Waals surface area contributed by atoms with E-state index in [2.05, 4.69) is 0 Å². The van der Waals surface area contributed by atoms with Crippen molar-refractivity contribution in [2.45, 2.75) is 18.6 Å². The zero-order valence-corrected chi connectivity index (χ0v) is 17.3. The van der Waals surface area contributed by atoms with Crippen LogP contribution in [0.15, 0.2) is 42.5 Å². The number of fused-ring (bicyclic) bond motifs is 1. The predicted octanol–water partition coefficient (Wildman–Crippen LogP) is 2.50. The van der Waals surface area contributed by atoms with Crippen LogP contribution < -0.4 is 9.64 Å². The van der Waals surface area contributed by atoms with Crippen molar-refractivity contribution < 1.29 is 22.3 Å². The second kappa shape index (κ2) is 7.59. The van der Waals surface area contributed by atoms with Crippen molar-refractivity contribution in [3.8, 4) is 5.75 Å². The molecule has 0 unspecified atom stereocenters. The molecule has 2 aromatic rings. The number of piperazine rings is 1. The van der Waals surface area contributed by atoms with Gasteiger partial charge < -0.3 is 9.64 Å². The van der Waals surface area contributed by atoms with E-state index in [1.807, 2.05) is 4.90 Å². The molecule has 0 N–H and O–H groups in total. The lowest BCUT2D eigenvalue weighted by molar-refractivity contribution is -0.123. The normalized spacial score (nSPS) is 23.8. The maximum atomic E-state index is 13.2. The lowest BCUT2D eigenvalue weighted by Gasteiger charge is -2.43. The van der Waals surface area contributed by atoms with Crippen molar-refractivity contribution in [2.75, 3.05) is 30.1 Å². The minimum atomic E-state index is -3.30. The third-order valence-electron chi connectivity index (χ3n) is 5.41. The Morgan fingerprint density at radius 3 is 2.48 bits per heavy atom. The lowest BCUT2D eigenvalue weighted by Crippen LogP contribution is -2.61. The molecule has 154 valence electrons. The number of rotatable bonds is 4. The molecule has 4 rings (SSSR count). The molecular weight excluding hydrogens is 419 g/mol. The molecule has 1 amide bonds. The van der Waals surface area contributed by atoms with Crippen LogP contribution in [-0.4, -0.2) is 56.5 Å². The molecule has 2 atom stereocenters. The third-order valence-corrected chi connectivity index (χ3v) is 7.41. The quantitative estimate of drug-likeness (QED) is 0.733. The molecule has 2 aliphatic rings. The molecule has 2 aliphatic heterocycles.